The van der Waals surface area contributed by atoms with Crippen LogP contribution in [0.4, 0.5) is 0 Å². The lowest BCUT2D eigenvalue weighted by molar-refractivity contribution is -0.142. The number of rotatable bonds is 13. The number of aliphatic carboxylic acids is 1. The molecule has 11 nitrogen and oxygen atoms in total. The number of amides is 3. The topological polar surface area (TPSA) is 191 Å². The van der Waals surface area contributed by atoms with E-state index in [2.05, 4.69) is 28.6 Å². The number of aliphatic hydroxyl groups is 2. The standard InChI is InChI=1S/C15H28N4O7S2/c1-7(21)11(14(24)18-10(6-27)15(25)26)19-13(23)9(3-4-28-2)17-12(22)8(16)5-20/h7-11,20-21,27H,3-6,16H2,1-2H3,(H,17,22)(H,18,24)(H,19,23)(H,25,26). The predicted octanol–water partition coefficient (Wildman–Crippen LogP) is -3.09. The van der Waals surface area contributed by atoms with Gasteiger partial charge in [0.05, 0.1) is 12.7 Å². The van der Waals surface area contributed by atoms with E-state index in [4.69, 9.17) is 15.9 Å². The monoisotopic (exact) mass is 440 g/mol. The van der Waals surface area contributed by atoms with E-state index in [1.165, 1.54) is 18.7 Å². The molecule has 0 fully saturated rings. The lowest BCUT2D eigenvalue weighted by Gasteiger charge is -2.26. The van der Waals surface area contributed by atoms with Gasteiger partial charge in [0.25, 0.3) is 0 Å². The minimum Gasteiger partial charge on any atom is -0.480 e. The molecule has 0 aliphatic carbocycles. The highest BCUT2D eigenvalue weighted by atomic mass is 32.2. The molecule has 162 valence electrons. The van der Waals surface area contributed by atoms with Crippen LogP contribution in [0.25, 0.3) is 0 Å². The van der Waals surface area contributed by atoms with Crippen molar-refractivity contribution in [3.05, 3.63) is 0 Å². The van der Waals surface area contributed by atoms with Crippen LogP contribution in [-0.2, 0) is 19.2 Å². The number of thiol groups is 1. The van der Waals surface area contributed by atoms with E-state index in [-0.39, 0.29) is 12.2 Å². The third kappa shape index (κ3) is 9.10. The Bertz CT molecular complexity index is 550. The van der Waals surface area contributed by atoms with Crippen molar-refractivity contribution in [1.29, 1.82) is 0 Å². The van der Waals surface area contributed by atoms with Gasteiger partial charge in [0, 0.05) is 5.75 Å². The maximum Gasteiger partial charge on any atom is 0.327 e. The summed E-state index contributed by atoms with van der Waals surface area (Å²) in [5, 5.41) is 34.6. The van der Waals surface area contributed by atoms with Crippen LogP contribution in [0.5, 0.6) is 0 Å². The van der Waals surface area contributed by atoms with E-state index >= 15 is 0 Å². The van der Waals surface area contributed by atoms with E-state index in [0.717, 1.165) is 0 Å². The summed E-state index contributed by atoms with van der Waals surface area (Å²) in [5.41, 5.74) is 5.42. The van der Waals surface area contributed by atoms with Crippen LogP contribution in [0.1, 0.15) is 13.3 Å². The first-order valence-electron chi connectivity index (χ1n) is 8.37. The van der Waals surface area contributed by atoms with Crippen molar-refractivity contribution < 1.29 is 34.5 Å². The quantitative estimate of drug-likeness (QED) is 0.137. The van der Waals surface area contributed by atoms with Gasteiger partial charge in [-0.15, -0.1) is 0 Å². The first kappa shape index (κ1) is 26.5. The summed E-state index contributed by atoms with van der Waals surface area (Å²) in [6.45, 7) is 0.639. The molecule has 0 aromatic carbocycles. The summed E-state index contributed by atoms with van der Waals surface area (Å²) in [5.74, 6) is -3.42. The second kappa shape index (κ2) is 13.6. The van der Waals surface area contributed by atoms with Gasteiger partial charge < -0.3 is 37.0 Å². The molecule has 5 unspecified atom stereocenters. The smallest absolute Gasteiger partial charge is 0.327 e. The fraction of sp³-hybridized carbons (Fsp3) is 0.733. The highest BCUT2D eigenvalue weighted by Gasteiger charge is 2.32. The summed E-state index contributed by atoms with van der Waals surface area (Å²) in [4.78, 5) is 47.7. The van der Waals surface area contributed by atoms with E-state index in [9.17, 15) is 24.3 Å². The molecular formula is C15H28N4O7S2. The maximum absolute atomic E-state index is 12.5. The number of hydrogen-bond donors (Lipinski definition) is 8. The molecule has 0 heterocycles. The van der Waals surface area contributed by atoms with E-state index in [0.29, 0.717) is 5.75 Å². The molecular weight excluding hydrogens is 412 g/mol. The second-order valence-corrected chi connectivity index (χ2v) is 7.29. The van der Waals surface area contributed by atoms with Crippen LogP contribution in [0.15, 0.2) is 0 Å². The highest BCUT2D eigenvalue weighted by molar-refractivity contribution is 7.98. The number of carbonyl (C=O) groups excluding carboxylic acids is 3. The van der Waals surface area contributed by atoms with E-state index < -0.39 is 60.6 Å². The first-order valence-corrected chi connectivity index (χ1v) is 10.4. The molecule has 0 rings (SSSR count). The Morgan fingerprint density at radius 1 is 1.07 bits per heavy atom. The van der Waals surface area contributed by atoms with Gasteiger partial charge in [0.1, 0.15) is 24.2 Å². The second-order valence-electron chi connectivity index (χ2n) is 5.94. The maximum atomic E-state index is 12.5. The molecule has 0 saturated carbocycles. The molecule has 0 radical (unpaired) electrons. The van der Waals surface area contributed by atoms with Crippen molar-refractivity contribution >= 4 is 48.1 Å². The Balaban J connectivity index is 5.24. The van der Waals surface area contributed by atoms with Crippen molar-refractivity contribution in [2.45, 2.75) is 43.6 Å². The van der Waals surface area contributed by atoms with Crippen molar-refractivity contribution in [2.24, 2.45) is 5.73 Å². The third-order valence-corrected chi connectivity index (χ3v) is 4.65. The number of aliphatic hydroxyl groups excluding tert-OH is 2. The van der Waals surface area contributed by atoms with Gasteiger partial charge in [-0.25, -0.2) is 4.79 Å². The average molecular weight is 441 g/mol. The van der Waals surface area contributed by atoms with Gasteiger partial charge in [0.2, 0.25) is 17.7 Å². The molecule has 0 aliphatic heterocycles. The molecule has 8 N–H and O–H groups in total. The molecule has 0 bridgehead atoms. The summed E-state index contributed by atoms with van der Waals surface area (Å²) < 4.78 is 0. The number of carbonyl (C=O) groups is 4. The summed E-state index contributed by atoms with van der Waals surface area (Å²) in [6.07, 6.45) is 0.667. The predicted molar refractivity (Wildman–Crippen MR) is 107 cm³/mol. The van der Waals surface area contributed by atoms with Gasteiger partial charge in [-0.2, -0.15) is 24.4 Å². The normalized spacial score (nSPS) is 16.2. The molecule has 0 aliphatic rings. The number of nitrogens with one attached hydrogen (secondary N) is 3. The zero-order valence-electron chi connectivity index (χ0n) is 15.6. The SMILES string of the molecule is CSCCC(NC(=O)C(N)CO)C(=O)NC(C(=O)NC(CS)C(=O)O)C(C)O. The van der Waals surface area contributed by atoms with Crippen LogP contribution in [0, 0.1) is 0 Å². The fourth-order valence-corrected chi connectivity index (χ4v) is 2.69. The van der Waals surface area contributed by atoms with Gasteiger partial charge in [0.15, 0.2) is 0 Å². The summed E-state index contributed by atoms with van der Waals surface area (Å²) in [7, 11) is 0. The van der Waals surface area contributed by atoms with Gasteiger partial charge in [-0.3, -0.25) is 14.4 Å². The molecule has 28 heavy (non-hydrogen) atoms. The fourth-order valence-electron chi connectivity index (χ4n) is 1.97. The number of nitrogens with two attached hydrogens (primary N) is 1. The largest absolute Gasteiger partial charge is 0.480 e. The Labute approximate surface area is 172 Å². The van der Waals surface area contributed by atoms with Crippen LogP contribution >= 0.6 is 24.4 Å². The Morgan fingerprint density at radius 2 is 1.64 bits per heavy atom. The lowest BCUT2D eigenvalue weighted by Crippen LogP contribution is -2.60. The Morgan fingerprint density at radius 3 is 2.07 bits per heavy atom. The first-order chi connectivity index (χ1) is 13.1. The number of carboxylic acids is 1. The molecule has 5 atom stereocenters. The number of carboxylic acid groups (broad SMARTS) is 1. The van der Waals surface area contributed by atoms with Crippen molar-refractivity contribution in [2.75, 3.05) is 24.4 Å². The lowest BCUT2D eigenvalue weighted by atomic mass is 10.1. The van der Waals surface area contributed by atoms with Crippen LogP contribution in [0.2, 0.25) is 0 Å². The zero-order valence-corrected chi connectivity index (χ0v) is 17.3. The van der Waals surface area contributed by atoms with E-state index in [1.807, 2.05) is 0 Å². The minimum atomic E-state index is -1.45. The average Bonchev–Trinajstić information content (AvgIpc) is 2.65. The minimum absolute atomic E-state index is 0.187. The molecule has 0 aromatic rings. The number of hydrogen-bond acceptors (Lipinski definition) is 9. The molecule has 0 saturated heterocycles. The van der Waals surface area contributed by atoms with E-state index in [1.54, 1.807) is 6.26 Å². The Kier molecular flexibility index (Phi) is 12.9. The van der Waals surface area contributed by atoms with Crippen LogP contribution in [-0.4, -0.2) is 93.7 Å². The van der Waals surface area contributed by atoms with Crippen molar-refractivity contribution in [3.8, 4) is 0 Å². The molecule has 0 spiro atoms. The van der Waals surface area contributed by atoms with Crippen molar-refractivity contribution in [3.63, 3.8) is 0 Å². The number of thioether (sulfide) groups is 1. The van der Waals surface area contributed by atoms with Gasteiger partial charge in [-0.05, 0) is 25.4 Å². The molecule has 3 amide bonds. The molecule has 13 heteroatoms. The van der Waals surface area contributed by atoms with Gasteiger partial charge in [-0.1, -0.05) is 0 Å². The van der Waals surface area contributed by atoms with Gasteiger partial charge >= 0.3 is 5.97 Å². The highest BCUT2D eigenvalue weighted by Crippen LogP contribution is 2.04. The molecule has 0 aromatic heterocycles. The zero-order chi connectivity index (χ0) is 21.9. The Hall–Kier alpha value is -1.54. The summed E-state index contributed by atoms with van der Waals surface area (Å²) >= 11 is 5.25. The third-order valence-electron chi connectivity index (χ3n) is 3.64. The summed E-state index contributed by atoms with van der Waals surface area (Å²) in [6, 6.07) is -5.03. The van der Waals surface area contributed by atoms with Crippen LogP contribution in [0.3, 0.4) is 0 Å². The van der Waals surface area contributed by atoms with Crippen molar-refractivity contribution in [1.82, 2.24) is 16.0 Å². The van der Waals surface area contributed by atoms with Crippen LogP contribution < -0.4 is 21.7 Å².